The lowest BCUT2D eigenvalue weighted by atomic mass is 10.0. The van der Waals surface area contributed by atoms with Gasteiger partial charge in [0.1, 0.15) is 24.6 Å². The van der Waals surface area contributed by atoms with Crippen molar-refractivity contribution in [1.29, 1.82) is 0 Å². The van der Waals surface area contributed by atoms with E-state index in [9.17, 15) is 14.7 Å². The molecule has 5 rings (SSSR count). The van der Waals surface area contributed by atoms with Gasteiger partial charge in [-0.2, -0.15) is 0 Å². The van der Waals surface area contributed by atoms with Crippen LogP contribution in [0.2, 0.25) is 0 Å². The van der Waals surface area contributed by atoms with Crippen LogP contribution in [-0.4, -0.2) is 38.6 Å². The standard InChI is InChI=1S/C24H23N3O6/c1-14-11-27(24(30)25-23(14)29)22-10-20(21(12-28)32-22)31-13-16-9-19(26-33-16)18-8-4-6-15-5-2-3-7-17(15)18/h2-9,11,20-22,28H,10,12-13H2,1H3,(H,25,29,30)/t20-,21+,22+/m0/s1. The minimum absolute atomic E-state index is 0.133. The second kappa shape index (κ2) is 8.78. The summed E-state index contributed by atoms with van der Waals surface area (Å²) in [6.45, 7) is 1.48. The Balaban J connectivity index is 1.31. The number of aryl methyl sites for hydroxylation is 1. The van der Waals surface area contributed by atoms with Gasteiger partial charge in [0.05, 0.1) is 12.7 Å². The number of aliphatic hydroxyl groups excluding tert-OH is 1. The number of aliphatic hydroxyl groups is 1. The number of hydrogen-bond acceptors (Lipinski definition) is 7. The van der Waals surface area contributed by atoms with Crippen molar-refractivity contribution in [2.45, 2.75) is 38.4 Å². The molecular formula is C24H23N3O6. The molecule has 0 bridgehead atoms. The largest absolute Gasteiger partial charge is 0.394 e. The number of nitrogens with zero attached hydrogens (tertiary/aromatic N) is 2. The summed E-state index contributed by atoms with van der Waals surface area (Å²) in [5, 5.41) is 16.1. The van der Waals surface area contributed by atoms with E-state index in [2.05, 4.69) is 10.1 Å². The molecular weight excluding hydrogens is 426 g/mol. The Kier molecular flexibility index (Phi) is 5.67. The number of benzene rings is 2. The van der Waals surface area contributed by atoms with Gasteiger partial charge in [0.25, 0.3) is 5.56 Å². The summed E-state index contributed by atoms with van der Waals surface area (Å²) in [5.41, 5.74) is 1.06. The van der Waals surface area contributed by atoms with Gasteiger partial charge >= 0.3 is 5.69 Å². The van der Waals surface area contributed by atoms with Crippen LogP contribution in [0.4, 0.5) is 0 Å². The maximum Gasteiger partial charge on any atom is 0.330 e. The van der Waals surface area contributed by atoms with Gasteiger partial charge in [0, 0.05) is 29.8 Å². The molecule has 9 nitrogen and oxygen atoms in total. The van der Waals surface area contributed by atoms with Gasteiger partial charge in [-0.15, -0.1) is 0 Å². The SMILES string of the molecule is Cc1cn([C@H]2C[C@H](OCc3cc(-c4cccc5ccccc45)no3)[C@@H](CO)O2)c(=O)[nH]c1=O. The summed E-state index contributed by atoms with van der Waals surface area (Å²) in [4.78, 5) is 26.1. The Bertz CT molecular complexity index is 1400. The minimum atomic E-state index is -0.656. The van der Waals surface area contributed by atoms with E-state index in [1.165, 1.54) is 10.8 Å². The zero-order chi connectivity index (χ0) is 22.9. The third-order valence-electron chi connectivity index (χ3n) is 5.88. The van der Waals surface area contributed by atoms with Crippen molar-refractivity contribution >= 4 is 10.8 Å². The van der Waals surface area contributed by atoms with Crippen LogP contribution in [0.25, 0.3) is 22.0 Å². The third kappa shape index (κ3) is 4.13. The number of H-pyrrole nitrogens is 1. The van der Waals surface area contributed by atoms with E-state index in [1.807, 2.05) is 48.5 Å². The first-order chi connectivity index (χ1) is 16.0. The Hall–Kier alpha value is -3.53. The van der Waals surface area contributed by atoms with Gasteiger partial charge in [-0.3, -0.25) is 14.3 Å². The van der Waals surface area contributed by atoms with Crippen molar-refractivity contribution in [3.05, 3.63) is 86.9 Å². The van der Waals surface area contributed by atoms with E-state index < -0.39 is 29.7 Å². The predicted molar refractivity (Wildman–Crippen MR) is 120 cm³/mol. The van der Waals surface area contributed by atoms with Crippen molar-refractivity contribution in [2.24, 2.45) is 0 Å². The summed E-state index contributed by atoms with van der Waals surface area (Å²) in [7, 11) is 0. The lowest BCUT2D eigenvalue weighted by Crippen LogP contribution is -2.33. The lowest BCUT2D eigenvalue weighted by Gasteiger charge is -2.15. The first-order valence-electron chi connectivity index (χ1n) is 10.7. The topological polar surface area (TPSA) is 120 Å². The van der Waals surface area contributed by atoms with Crippen LogP contribution in [0.15, 0.2) is 68.8 Å². The van der Waals surface area contributed by atoms with Crippen molar-refractivity contribution in [3.63, 3.8) is 0 Å². The van der Waals surface area contributed by atoms with E-state index in [-0.39, 0.29) is 13.2 Å². The molecule has 0 amide bonds. The average Bonchev–Trinajstić information content (AvgIpc) is 3.46. The molecule has 3 heterocycles. The lowest BCUT2D eigenvalue weighted by molar-refractivity contribution is -0.0682. The van der Waals surface area contributed by atoms with Crippen LogP contribution in [0.5, 0.6) is 0 Å². The predicted octanol–water partition coefficient (Wildman–Crippen LogP) is 2.52. The molecule has 1 aliphatic heterocycles. The Morgan fingerprint density at radius 3 is 2.88 bits per heavy atom. The van der Waals surface area contributed by atoms with Crippen molar-refractivity contribution in [1.82, 2.24) is 14.7 Å². The molecule has 1 fully saturated rings. The fourth-order valence-corrected chi connectivity index (χ4v) is 4.16. The van der Waals surface area contributed by atoms with Crippen LogP contribution in [0, 0.1) is 6.92 Å². The molecule has 170 valence electrons. The number of fused-ring (bicyclic) bond motifs is 1. The highest BCUT2D eigenvalue weighted by molar-refractivity contribution is 5.95. The first-order valence-corrected chi connectivity index (χ1v) is 10.7. The van der Waals surface area contributed by atoms with Gasteiger partial charge in [-0.1, -0.05) is 47.6 Å². The van der Waals surface area contributed by atoms with Crippen LogP contribution < -0.4 is 11.2 Å². The van der Waals surface area contributed by atoms with Crippen molar-refractivity contribution in [3.8, 4) is 11.3 Å². The fourth-order valence-electron chi connectivity index (χ4n) is 4.16. The van der Waals surface area contributed by atoms with Crippen LogP contribution in [0.1, 0.15) is 24.0 Å². The van der Waals surface area contributed by atoms with Gasteiger partial charge in [-0.25, -0.2) is 4.79 Å². The maximum absolute atomic E-state index is 12.2. The number of hydrogen-bond donors (Lipinski definition) is 2. The van der Waals surface area contributed by atoms with Gasteiger partial charge in [0.2, 0.25) is 0 Å². The zero-order valence-electron chi connectivity index (χ0n) is 17.9. The smallest absolute Gasteiger partial charge is 0.330 e. The van der Waals surface area contributed by atoms with Crippen molar-refractivity contribution in [2.75, 3.05) is 6.61 Å². The molecule has 1 saturated heterocycles. The molecule has 2 aromatic carbocycles. The third-order valence-corrected chi connectivity index (χ3v) is 5.88. The van der Waals surface area contributed by atoms with Gasteiger partial charge in [0.15, 0.2) is 5.76 Å². The summed E-state index contributed by atoms with van der Waals surface area (Å²) < 4.78 is 18.6. The van der Waals surface area contributed by atoms with Gasteiger partial charge < -0.3 is 19.1 Å². The van der Waals surface area contributed by atoms with E-state index in [0.717, 1.165) is 16.3 Å². The Morgan fingerprint density at radius 2 is 2.03 bits per heavy atom. The van der Waals surface area contributed by atoms with Crippen molar-refractivity contribution < 1.29 is 19.1 Å². The van der Waals surface area contributed by atoms with Crippen LogP contribution in [-0.2, 0) is 16.1 Å². The molecule has 3 atom stereocenters. The minimum Gasteiger partial charge on any atom is -0.394 e. The molecule has 2 N–H and O–H groups in total. The highest BCUT2D eigenvalue weighted by Gasteiger charge is 2.37. The Labute approximate surface area is 188 Å². The molecule has 9 heteroatoms. The summed E-state index contributed by atoms with van der Waals surface area (Å²) in [6, 6.07) is 15.9. The van der Waals surface area contributed by atoms with Gasteiger partial charge in [-0.05, 0) is 17.7 Å². The number of ether oxygens (including phenoxy) is 2. The maximum atomic E-state index is 12.2. The molecule has 0 radical (unpaired) electrons. The monoisotopic (exact) mass is 449 g/mol. The first kappa shape index (κ1) is 21.3. The second-order valence-corrected chi connectivity index (χ2v) is 8.08. The summed E-state index contributed by atoms with van der Waals surface area (Å²) >= 11 is 0. The molecule has 0 saturated carbocycles. The molecule has 4 aromatic rings. The van der Waals surface area contributed by atoms with E-state index in [1.54, 1.807) is 6.92 Å². The number of aromatic nitrogens is 3. The summed E-state index contributed by atoms with van der Waals surface area (Å²) in [6.07, 6.45) is 0.0484. The highest BCUT2D eigenvalue weighted by atomic mass is 16.6. The fraction of sp³-hybridized carbons (Fsp3) is 0.292. The number of rotatable bonds is 6. The molecule has 0 spiro atoms. The van der Waals surface area contributed by atoms with E-state index in [0.29, 0.717) is 23.4 Å². The van der Waals surface area contributed by atoms with Crippen LogP contribution >= 0.6 is 0 Å². The highest BCUT2D eigenvalue weighted by Crippen LogP contribution is 2.31. The molecule has 0 aliphatic carbocycles. The summed E-state index contributed by atoms with van der Waals surface area (Å²) in [5.74, 6) is 0.537. The number of aromatic amines is 1. The second-order valence-electron chi connectivity index (χ2n) is 8.08. The average molecular weight is 449 g/mol. The number of nitrogens with one attached hydrogen (secondary N) is 1. The van der Waals surface area contributed by atoms with E-state index in [4.69, 9.17) is 14.0 Å². The zero-order valence-corrected chi connectivity index (χ0v) is 17.9. The molecule has 2 aromatic heterocycles. The normalized spacial score (nSPS) is 20.5. The quantitative estimate of drug-likeness (QED) is 0.464. The Morgan fingerprint density at radius 1 is 1.21 bits per heavy atom. The molecule has 1 aliphatic rings. The molecule has 0 unspecified atom stereocenters. The van der Waals surface area contributed by atoms with E-state index >= 15 is 0 Å². The van der Waals surface area contributed by atoms with Crippen LogP contribution in [0.3, 0.4) is 0 Å². The molecule has 33 heavy (non-hydrogen) atoms.